The highest BCUT2D eigenvalue weighted by Crippen LogP contribution is 2.31. The number of rotatable bonds is 3. The van der Waals surface area contributed by atoms with Crippen molar-refractivity contribution in [1.29, 1.82) is 0 Å². The van der Waals surface area contributed by atoms with Crippen molar-refractivity contribution < 1.29 is 9.90 Å². The molecular formula is C10H18O2Si. The number of carbonyl (C=O) groups is 1. The predicted molar refractivity (Wildman–Crippen MR) is 56.3 cm³/mol. The summed E-state index contributed by atoms with van der Waals surface area (Å²) in [6.07, 6.45) is 4.89. The standard InChI is InChI=1S/C10H18O2Si/c1-3-9(11)10(12)13(2)7-5-4-6-8-13/h3,10,12H,1,4-8H2,2H3. The van der Waals surface area contributed by atoms with Crippen LogP contribution in [0.2, 0.25) is 18.6 Å². The highest BCUT2D eigenvalue weighted by molar-refractivity contribution is 6.83. The molecule has 0 saturated carbocycles. The molecule has 1 atom stereocenters. The largest absolute Gasteiger partial charge is 0.389 e. The molecule has 2 nitrogen and oxygen atoms in total. The Hall–Kier alpha value is -0.413. The minimum atomic E-state index is -1.69. The van der Waals surface area contributed by atoms with E-state index in [-0.39, 0.29) is 5.78 Å². The fraction of sp³-hybridized carbons (Fsp3) is 0.700. The average molecular weight is 198 g/mol. The van der Waals surface area contributed by atoms with Gasteiger partial charge in [0.2, 0.25) is 0 Å². The molecule has 0 aliphatic carbocycles. The molecule has 13 heavy (non-hydrogen) atoms. The van der Waals surface area contributed by atoms with E-state index in [0.29, 0.717) is 0 Å². The quantitative estimate of drug-likeness (QED) is 0.555. The summed E-state index contributed by atoms with van der Waals surface area (Å²) in [6.45, 7) is 5.56. The van der Waals surface area contributed by atoms with Crippen LogP contribution < -0.4 is 0 Å². The minimum absolute atomic E-state index is 0.170. The molecule has 0 spiro atoms. The zero-order valence-corrected chi connectivity index (χ0v) is 9.25. The SMILES string of the molecule is C=CC(=O)C(O)[Si]1(C)CCCCC1. The molecular weight excluding hydrogens is 180 g/mol. The number of aliphatic hydroxyl groups is 1. The summed E-state index contributed by atoms with van der Waals surface area (Å²) in [5.74, 6) is -0.170. The maximum Gasteiger partial charge on any atom is 0.180 e. The van der Waals surface area contributed by atoms with Crippen molar-refractivity contribution in [2.24, 2.45) is 0 Å². The summed E-state index contributed by atoms with van der Waals surface area (Å²) >= 11 is 0. The molecule has 0 aromatic heterocycles. The van der Waals surface area contributed by atoms with E-state index in [1.807, 2.05) is 0 Å². The lowest BCUT2D eigenvalue weighted by atomic mass is 10.3. The maximum absolute atomic E-state index is 11.3. The number of carbonyl (C=O) groups excluding carboxylic acids is 1. The molecule has 1 rings (SSSR count). The molecule has 0 radical (unpaired) electrons. The summed E-state index contributed by atoms with van der Waals surface area (Å²) in [5.41, 5.74) is -0.703. The summed E-state index contributed by atoms with van der Waals surface area (Å²) in [7, 11) is -1.69. The van der Waals surface area contributed by atoms with Crippen LogP contribution in [0.4, 0.5) is 0 Å². The van der Waals surface area contributed by atoms with Crippen LogP contribution in [-0.4, -0.2) is 24.7 Å². The second-order valence-electron chi connectivity index (χ2n) is 4.22. The molecule has 74 valence electrons. The van der Waals surface area contributed by atoms with Crippen molar-refractivity contribution in [2.75, 3.05) is 0 Å². The van der Waals surface area contributed by atoms with Gasteiger partial charge in [-0.1, -0.05) is 44.5 Å². The van der Waals surface area contributed by atoms with Crippen LogP contribution >= 0.6 is 0 Å². The average Bonchev–Trinajstić information content (AvgIpc) is 2.16. The van der Waals surface area contributed by atoms with Gasteiger partial charge >= 0.3 is 0 Å². The monoisotopic (exact) mass is 198 g/mol. The van der Waals surface area contributed by atoms with Gasteiger partial charge in [-0.25, -0.2) is 0 Å². The van der Waals surface area contributed by atoms with Gasteiger partial charge < -0.3 is 5.11 Å². The molecule has 0 aromatic rings. The predicted octanol–water partition coefficient (Wildman–Crippen LogP) is 1.90. The summed E-state index contributed by atoms with van der Waals surface area (Å²) in [5, 5.41) is 9.84. The van der Waals surface area contributed by atoms with E-state index in [1.54, 1.807) is 0 Å². The normalized spacial score (nSPS) is 23.5. The first-order chi connectivity index (χ1) is 6.10. The second-order valence-corrected chi connectivity index (χ2v) is 9.08. The van der Waals surface area contributed by atoms with Crippen LogP contribution in [0, 0.1) is 0 Å². The highest BCUT2D eigenvalue weighted by atomic mass is 28.3. The van der Waals surface area contributed by atoms with E-state index in [1.165, 1.54) is 25.3 Å². The van der Waals surface area contributed by atoms with Crippen LogP contribution in [0.25, 0.3) is 0 Å². The van der Waals surface area contributed by atoms with E-state index in [9.17, 15) is 9.90 Å². The molecule has 1 fully saturated rings. The fourth-order valence-corrected chi connectivity index (χ4v) is 5.80. The van der Waals surface area contributed by atoms with Gasteiger partial charge in [0, 0.05) is 0 Å². The molecule has 0 bridgehead atoms. The van der Waals surface area contributed by atoms with Gasteiger partial charge in [0.05, 0.1) is 8.07 Å². The Morgan fingerprint density at radius 2 is 2.00 bits per heavy atom. The smallest absolute Gasteiger partial charge is 0.180 e. The molecule has 0 aromatic carbocycles. The van der Waals surface area contributed by atoms with Crippen molar-refractivity contribution in [3.63, 3.8) is 0 Å². The third kappa shape index (κ3) is 2.29. The molecule has 0 amide bonds. The summed E-state index contributed by atoms with van der Waals surface area (Å²) in [4.78, 5) is 11.3. The second kappa shape index (κ2) is 4.20. The van der Waals surface area contributed by atoms with Crippen LogP contribution in [0.5, 0.6) is 0 Å². The molecule has 3 heteroatoms. The first-order valence-corrected chi connectivity index (χ1v) is 7.94. The Kier molecular flexibility index (Phi) is 3.45. The summed E-state index contributed by atoms with van der Waals surface area (Å²) < 4.78 is 0. The van der Waals surface area contributed by atoms with Crippen LogP contribution in [-0.2, 0) is 4.79 Å². The number of hydrogen-bond acceptors (Lipinski definition) is 2. The zero-order valence-electron chi connectivity index (χ0n) is 8.25. The lowest BCUT2D eigenvalue weighted by Crippen LogP contribution is -2.49. The maximum atomic E-state index is 11.3. The zero-order chi connectivity index (χ0) is 9.90. The van der Waals surface area contributed by atoms with E-state index < -0.39 is 13.8 Å². The number of ketones is 1. The van der Waals surface area contributed by atoms with Crippen molar-refractivity contribution in [3.05, 3.63) is 12.7 Å². The Bertz CT molecular complexity index is 207. The van der Waals surface area contributed by atoms with Crippen molar-refractivity contribution in [1.82, 2.24) is 0 Å². The van der Waals surface area contributed by atoms with Crippen molar-refractivity contribution in [3.8, 4) is 0 Å². The van der Waals surface area contributed by atoms with Crippen molar-refractivity contribution in [2.45, 2.75) is 43.6 Å². The fourth-order valence-electron chi connectivity index (χ4n) is 2.09. The van der Waals surface area contributed by atoms with Gasteiger partial charge in [-0.3, -0.25) is 4.79 Å². The molecule has 1 N–H and O–H groups in total. The highest BCUT2D eigenvalue weighted by Gasteiger charge is 2.39. The molecule has 1 aliphatic rings. The van der Waals surface area contributed by atoms with Gasteiger partial charge in [0.25, 0.3) is 0 Å². The van der Waals surface area contributed by atoms with Gasteiger partial charge in [-0.05, 0) is 6.08 Å². The van der Waals surface area contributed by atoms with Gasteiger partial charge in [-0.15, -0.1) is 0 Å². The van der Waals surface area contributed by atoms with Gasteiger partial charge in [0.1, 0.15) is 5.73 Å². The topological polar surface area (TPSA) is 37.3 Å². The molecule has 1 heterocycles. The summed E-state index contributed by atoms with van der Waals surface area (Å²) in [6, 6.07) is 2.18. The van der Waals surface area contributed by atoms with Gasteiger partial charge in [0.15, 0.2) is 5.78 Å². The van der Waals surface area contributed by atoms with Crippen LogP contribution in [0.15, 0.2) is 12.7 Å². The third-order valence-corrected chi connectivity index (χ3v) is 7.72. The Balaban J connectivity index is 2.66. The lowest BCUT2D eigenvalue weighted by Gasteiger charge is -2.34. The first kappa shape index (κ1) is 10.7. The lowest BCUT2D eigenvalue weighted by molar-refractivity contribution is -0.119. The third-order valence-electron chi connectivity index (χ3n) is 3.13. The molecule has 1 aliphatic heterocycles. The first-order valence-electron chi connectivity index (χ1n) is 4.94. The van der Waals surface area contributed by atoms with E-state index in [2.05, 4.69) is 13.1 Å². The minimum Gasteiger partial charge on any atom is -0.389 e. The number of hydrogen-bond donors (Lipinski definition) is 1. The van der Waals surface area contributed by atoms with Crippen molar-refractivity contribution >= 4 is 13.9 Å². The Labute approximate surface area is 80.7 Å². The molecule has 1 saturated heterocycles. The molecule has 1 unspecified atom stereocenters. The Morgan fingerprint density at radius 1 is 1.46 bits per heavy atom. The van der Waals surface area contributed by atoms with Crippen LogP contribution in [0.3, 0.4) is 0 Å². The Morgan fingerprint density at radius 3 is 2.46 bits per heavy atom. The van der Waals surface area contributed by atoms with E-state index in [0.717, 1.165) is 12.1 Å². The number of aliphatic hydroxyl groups excluding tert-OH is 1. The van der Waals surface area contributed by atoms with E-state index >= 15 is 0 Å². The van der Waals surface area contributed by atoms with Gasteiger partial charge in [-0.2, -0.15) is 0 Å². The van der Waals surface area contributed by atoms with E-state index in [4.69, 9.17) is 0 Å². The van der Waals surface area contributed by atoms with Crippen LogP contribution in [0.1, 0.15) is 19.3 Å².